The number of aromatic nitrogens is 1. The third-order valence-electron chi connectivity index (χ3n) is 7.02. The summed E-state index contributed by atoms with van der Waals surface area (Å²) in [7, 11) is 0. The first-order valence-corrected chi connectivity index (χ1v) is 14.5. The number of benzene rings is 3. The maximum Gasteiger partial charge on any atom is 0.308 e. The second-order valence-corrected chi connectivity index (χ2v) is 12.2. The molecule has 1 fully saturated rings. The van der Waals surface area contributed by atoms with Gasteiger partial charge in [0, 0.05) is 21.5 Å². The first kappa shape index (κ1) is 26.4. The van der Waals surface area contributed by atoms with E-state index in [9.17, 15) is 24.3 Å². The van der Waals surface area contributed by atoms with E-state index in [1.54, 1.807) is 48.5 Å². The molecule has 3 atom stereocenters. The van der Waals surface area contributed by atoms with Crippen LogP contribution >= 0.6 is 34.7 Å². The van der Waals surface area contributed by atoms with Gasteiger partial charge in [-0.15, -0.1) is 0 Å². The van der Waals surface area contributed by atoms with Gasteiger partial charge in [-0.05, 0) is 61.0 Å². The Morgan fingerprint density at radius 1 is 0.950 bits per heavy atom. The van der Waals surface area contributed by atoms with Gasteiger partial charge in [-0.1, -0.05) is 64.5 Å². The number of thiazole rings is 1. The Bertz CT molecular complexity index is 1700. The Hall–Kier alpha value is -3.86. The van der Waals surface area contributed by atoms with Crippen molar-refractivity contribution >= 4 is 63.8 Å². The van der Waals surface area contributed by atoms with Crippen molar-refractivity contribution in [1.82, 2.24) is 4.57 Å². The Labute approximate surface area is 242 Å². The van der Waals surface area contributed by atoms with Crippen molar-refractivity contribution in [2.24, 2.45) is 5.92 Å². The average molecular weight is 592 g/mol. The summed E-state index contributed by atoms with van der Waals surface area (Å²) in [5, 5.41) is 12.9. The van der Waals surface area contributed by atoms with Gasteiger partial charge >= 0.3 is 4.87 Å². The maximum absolute atomic E-state index is 13.9. The van der Waals surface area contributed by atoms with E-state index in [1.807, 2.05) is 19.1 Å². The third kappa shape index (κ3) is 4.61. The fraction of sp³-hybridized carbons (Fsp3) is 0.172. The van der Waals surface area contributed by atoms with Gasteiger partial charge in [0.15, 0.2) is 0 Å². The molecule has 202 valence electrons. The summed E-state index contributed by atoms with van der Waals surface area (Å²) < 4.78 is 1.38. The summed E-state index contributed by atoms with van der Waals surface area (Å²) in [6.45, 7) is 1.70. The molecular formula is C29H22ClN3O5S2. The number of phenols is 1. The fourth-order valence-corrected chi connectivity index (χ4v) is 8.02. The van der Waals surface area contributed by atoms with Gasteiger partial charge in [-0.2, -0.15) is 0 Å². The number of aromatic hydroxyl groups is 1. The molecule has 0 radical (unpaired) electrons. The van der Waals surface area contributed by atoms with Crippen LogP contribution < -0.4 is 15.1 Å². The van der Waals surface area contributed by atoms with E-state index in [2.05, 4.69) is 5.32 Å². The summed E-state index contributed by atoms with van der Waals surface area (Å²) >= 11 is 8.15. The van der Waals surface area contributed by atoms with Crippen LogP contribution in [-0.4, -0.2) is 32.6 Å². The topological polar surface area (TPSA) is 109 Å². The lowest BCUT2D eigenvalue weighted by Crippen LogP contribution is -2.33. The molecule has 2 aliphatic rings. The van der Waals surface area contributed by atoms with Gasteiger partial charge in [0.2, 0.25) is 17.7 Å². The Morgan fingerprint density at radius 2 is 1.62 bits per heavy atom. The number of amides is 3. The number of carbonyl (C=O) groups is 3. The van der Waals surface area contributed by atoms with Gasteiger partial charge in [0.05, 0.1) is 16.6 Å². The number of carbonyl (C=O) groups excluding carboxylic acids is 3. The second kappa shape index (κ2) is 10.3. The predicted octanol–water partition coefficient (Wildman–Crippen LogP) is 5.01. The summed E-state index contributed by atoms with van der Waals surface area (Å²) in [4.78, 5) is 55.2. The predicted molar refractivity (Wildman–Crippen MR) is 155 cm³/mol. The minimum absolute atomic E-state index is 0.0563. The van der Waals surface area contributed by atoms with E-state index in [0.717, 1.165) is 28.7 Å². The molecule has 0 bridgehead atoms. The molecule has 3 amide bonds. The third-order valence-corrected chi connectivity index (χ3v) is 9.88. The van der Waals surface area contributed by atoms with Gasteiger partial charge in [0.1, 0.15) is 17.5 Å². The van der Waals surface area contributed by atoms with Crippen LogP contribution in [0.4, 0.5) is 11.4 Å². The number of anilines is 2. The Morgan fingerprint density at radius 3 is 2.30 bits per heavy atom. The van der Waals surface area contributed by atoms with Crippen molar-refractivity contribution < 1.29 is 19.5 Å². The monoisotopic (exact) mass is 591 g/mol. The summed E-state index contributed by atoms with van der Waals surface area (Å²) in [6, 6.07) is 20.2. The lowest BCUT2D eigenvalue weighted by molar-refractivity contribution is -0.122. The normalized spacial score (nSPS) is 19.9. The van der Waals surface area contributed by atoms with E-state index in [0.29, 0.717) is 31.9 Å². The van der Waals surface area contributed by atoms with Crippen LogP contribution in [0.1, 0.15) is 21.9 Å². The van der Waals surface area contributed by atoms with E-state index in [4.69, 9.17) is 11.6 Å². The van der Waals surface area contributed by atoms with Gasteiger partial charge < -0.3 is 10.4 Å². The SMILES string of the molecule is Cc1ccc(NC(=O)Cn2c3c(sc2=O)[C@@H](c2ccc(O)cc2)[C@H]2C(=O)N(c4ccc(Cl)cc4)C(=O)[C@H]2S3)cc1. The lowest BCUT2D eigenvalue weighted by Gasteiger charge is -2.30. The van der Waals surface area contributed by atoms with Crippen LogP contribution in [0, 0.1) is 12.8 Å². The standard InChI is InChI=1S/C29H22ClN3O5S2/c1-15-2-8-18(9-3-15)31-21(35)14-32-28-25(40-29(32)38)22(16-4-12-20(34)13-5-16)23-24(39-28)27(37)33(26(23)36)19-10-6-17(30)7-11-19/h2-13,22-24,34H,14H2,1H3,(H,31,35)/t22-,23+,24-/m0/s1. The van der Waals surface area contributed by atoms with Crippen LogP contribution in [0.15, 0.2) is 82.6 Å². The van der Waals surface area contributed by atoms with Crippen molar-refractivity contribution in [3.05, 3.63) is 103 Å². The van der Waals surface area contributed by atoms with E-state index in [1.165, 1.54) is 21.6 Å². The summed E-state index contributed by atoms with van der Waals surface area (Å²) in [5.41, 5.74) is 2.76. The minimum Gasteiger partial charge on any atom is -0.508 e. The van der Waals surface area contributed by atoms with Gasteiger partial charge in [0.25, 0.3) is 0 Å². The molecule has 2 N–H and O–H groups in total. The number of imide groups is 1. The molecule has 6 rings (SSSR count). The maximum atomic E-state index is 13.9. The van der Waals surface area contributed by atoms with Gasteiger partial charge in [-0.25, -0.2) is 4.90 Å². The number of thioether (sulfide) groups is 1. The van der Waals surface area contributed by atoms with E-state index < -0.39 is 23.0 Å². The quantitative estimate of drug-likeness (QED) is 0.316. The van der Waals surface area contributed by atoms with E-state index >= 15 is 0 Å². The molecule has 4 aromatic rings. The molecule has 40 heavy (non-hydrogen) atoms. The highest BCUT2D eigenvalue weighted by Gasteiger charge is 2.56. The molecule has 8 nitrogen and oxygen atoms in total. The smallest absolute Gasteiger partial charge is 0.308 e. The fourth-order valence-electron chi connectivity index (χ4n) is 5.12. The molecule has 3 heterocycles. The summed E-state index contributed by atoms with van der Waals surface area (Å²) in [5.74, 6) is -2.50. The van der Waals surface area contributed by atoms with Crippen LogP contribution in [-0.2, 0) is 20.9 Å². The number of rotatable bonds is 5. The molecular weight excluding hydrogens is 570 g/mol. The van der Waals surface area contributed by atoms with Crippen LogP contribution in [0.2, 0.25) is 5.02 Å². The molecule has 1 aromatic heterocycles. The molecule has 0 spiro atoms. The molecule has 0 saturated carbocycles. The number of fused-ring (bicyclic) bond motifs is 2. The Kier molecular flexibility index (Phi) is 6.77. The zero-order valence-corrected chi connectivity index (χ0v) is 23.4. The molecule has 0 aliphatic carbocycles. The van der Waals surface area contributed by atoms with E-state index in [-0.39, 0.29) is 29.0 Å². The summed E-state index contributed by atoms with van der Waals surface area (Å²) in [6.07, 6.45) is 0. The highest BCUT2D eigenvalue weighted by molar-refractivity contribution is 8.00. The number of phenolic OH excluding ortho intramolecular Hbond substituents is 1. The number of halogens is 1. The number of aryl methyl sites for hydroxylation is 1. The van der Waals surface area contributed by atoms with Crippen molar-refractivity contribution in [2.45, 2.75) is 29.7 Å². The number of hydrogen-bond donors (Lipinski definition) is 2. The number of nitrogens with one attached hydrogen (secondary N) is 1. The highest BCUT2D eigenvalue weighted by Crippen LogP contribution is 2.54. The molecule has 1 saturated heterocycles. The first-order valence-electron chi connectivity index (χ1n) is 12.4. The second-order valence-electron chi connectivity index (χ2n) is 9.66. The van der Waals surface area contributed by atoms with Crippen molar-refractivity contribution in [1.29, 1.82) is 0 Å². The highest BCUT2D eigenvalue weighted by atomic mass is 35.5. The van der Waals surface area contributed by atoms with Crippen molar-refractivity contribution in [2.75, 3.05) is 10.2 Å². The van der Waals surface area contributed by atoms with Crippen LogP contribution in [0.5, 0.6) is 5.75 Å². The molecule has 0 unspecified atom stereocenters. The zero-order valence-electron chi connectivity index (χ0n) is 21.0. The van der Waals surface area contributed by atoms with Gasteiger partial charge in [-0.3, -0.25) is 23.7 Å². The zero-order chi connectivity index (χ0) is 28.1. The lowest BCUT2D eigenvalue weighted by atomic mass is 9.83. The molecule has 3 aromatic carbocycles. The van der Waals surface area contributed by atoms with Crippen molar-refractivity contribution in [3.63, 3.8) is 0 Å². The molecule has 2 aliphatic heterocycles. The number of nitrogens with zero attached hydrogens (tertiary/aromatic N) is 2. The van der Waals surface area contributed by atoms with Crippen molar-refractivity contribution in [3.8, 4) is 5.75 Å². The van der Waals surface area contributed by atoms with Crippen LogP contribution in [0.3, 0.4) is 0 Å². The minimum atomic E-state index is -0.810. The Balaban J connectivity index is 1.40. The molecule has 11 heteroatoms. The largest absolute Gasteiger partial charge is 0.508 e. The first-order chi connectivity index (χ1) is 19.2. The number of hydrogen-bond acceptors (Lipinski definition) is 7. The van der Waals surface area contributed by atoms with Crippen LogP contribution in [0.25, 0.3) is 0 Å². The average Bonchev–Trinajstić information content (AvgIpc) is 3.37.